The van der Waals surface area contributed by atoms with Crippen molar-refractivity contribution in [2.75, 3.05) is 32.7 Å². The summed E-state index contributed by atoms with van der Waals surface area (Å²) in [5.74, 6) is 0.0282. The second-order valence-electron chi connectivity index (χ2n) is 8.32. The first kappa shape index (κ1) is 25.9. The van der Waals surface area contributed by atoms with Gasteiger partial charge in [0.15, 0.2) is 6.19 Å². The van der Waals surface area contributed by atoms with E-state index in [9.17, 15) is 10.1 Å². The summed E-state index contributed by atoms with van der Waals surface area (Å²) >= 11 is 0. The fourth-order valence-corrected chi connectivity index (χ4v) is 4.04. The highest BCUT2D eigenvalue weighted by Crippen LogP contribution is 2.27. The molecule has 2 aliphatic rings. The Hall–Kier alpha value is -3.32. The molecule has 1 unspecified atom stereocenters. The minimum absolute atomic E-state index is 0.0332. The molecule has 0 radical (unpaired) electrons. The van der Waals surface area contributed by atoms with Crippen LogP contribution in [0.2, 0.25) is 0 Å². The van der Waals surface area contributed by atoms with Crippen LogP contribution in [-0.4, -0.2) is 71.6 Å². The first-order valence-electron chi connectivity index (χ1n) is 11.3. The Morgan fingerprint density at radius 3 is 2.73 bits per heavy atom. The smallest absolute Gasteiger partial charge is 0.317 e. The molecule has 0 bridgehead atoms. The minimum atomic E-state index is -0.833. The highest BCUT2D eigenvalue weighted by molar-refractivity contribution is 5.85. The van der Waals surface area contributed by atoms with Gasteiger partial charge in [-0.2, -0.15) is 5.26 Å². The fourth-order valence-electron chi connectivity index (χ4n) is 4.04. The van der Waals surface area contributed by atoms with E-state index in [1.54, 1.807) is 0 Å². The third-order valence-corrected chi connectivity index (χ3v) is 5.59. The Bertz CT molecular complexity index is 891. The van der Waals surface area contributed by atoms with E-state index in [1.807, 2.05) is 24.0 Å². The first-order chi connectivity index (χ1) is 15.8. The standard InChI is InChI=1S/C21H31N7O.C2H4O2/c1-4-24-21(29)27-10-11-28(19(13-27)15(2)3)20(25-14-22)26-18-7-5-6-16-12-23-9-8-17(16)18;1-2(3)4/h5-7,15,19,23H,4,8-13H2,1-3H3,(H,24,29)(H,25,26);1H3,(H,3,4). The van der Waals surface area contributed by atoms with Gasteiger partial charge < -0.3 is 25.5 Å². The molecule has 4 N–H and O–H groups in total. The summed E-state index contributed by atoms with van der Waals surface area (Å²) in [6, 6.07) is 6.20. The average Bonchev–Trinajstić information content (AvgIpc) is 2.78. The van der Waals surface area contributed by atoms with Crippen LogP contribution in [0.3, 0.4) is 0 Å². The number of guanidine groups is 1. The SMILES string of the molecule is CC(=O)O.CCNC(=O)N1CCN(C(=Nc2cccc3c2CCNC3)NC#N)C(C(C)C)C1. The van der Waals surface area contributed by atoms with Crippen LogP contribution < -0.4 is 16.0 Å². The van der Waals surface area contributed by atoms with Crippen molar-refractivity contribution >= 4 is 23.6 Å². The van der Waals surface area contributed by atoms with E-state index in [1.165, 1.54) is 11.1 Å². The van der Waals surface area contributed by atoms with Crippen LogP contribution in [0.1, 0.15) is 38.8 Å². The predicted molar refractivity (Wildman–Crippen MR) is 127 cm³/mol. The van der Waals surface area contributed by atoms with Gasteiger partial charge >= 0.3 is 6.03 Å². The molecule has 1 aromatic rings. The number of amides is 2. The Morgan fingerprint density at radius 2 is 2.09 bits per heavy atom. The summed E-state index contributed by atoms with van der Waals surface area (Å²) in [5.41, 5.74) is 3.41. The number of nitrogens with one attached hydrogen (secondary N) is 3. The van der Waals surface area contributed by atoms with Gasteiger partial charge in [0.2, 0.25) is 5.96 Å². The van der Waals surface area contributed by atoms with E-state index in [-0.39, 0.29) is 12.1 Å². The highest BCUT2D eigenvalue weighted by atomic mass is 16.4. The number of carbonyl (C=O) groups is 2. The number of aliphatic imine (C=N–C) groups is 1. The number of rotatable bonds is 3. The number of carboxylic acids is 1. The summed E-state index contributed by atoms with van der Waals surface area (Å²) in [6.45, 7) is 11.5. The lowest BCUT2D eigenvalue weighted by molar-refractivity contribution is -0.134. The molecule has 10 heteroatoms. The molecule has 1 atom stereocenters. The zero-order valence-corrected chi connectivity index (χ0v) is 19.9. The van der Waals surface area contributed by atoms with Gasteiger partial charge in [0, 0.05) is 39.6 Å². The van der Waals surface area contributed by atoms with Crippen molar-refractivity contribution in [1.82, 2.24) is 25.8 Å². The van der Waals surface area contributed by atoms with E-state index in [2.05, 4.69) is 47.0 Å². The lowest BCUT2D eigenvalue weighted by Crippen LogP contribution is -2.61. The molecule has 0 spiro atoms. The van der Waals surface area contributed by atoms with Crippen molar-refractivity contribution in [1.29, 1.82) is 5.26 Å². The molecular weight excluding hydrogens is 422 g/mol. The van der Waals surface area contributed by atoms with Crippen molar-refractivity contribution < 1.29 is 14.7 Å². The van der Waals surface area contributed by atoms with Gasteiger partial charge in [-0.15, -0.1) is 0 Å². The van der Waals surface area contributed by atoms with Gasteiger partial charge in [-0.3, -0.25) is 10.1 Å². The molecule has 180 valence electrons. The number of benzene rings is 1. The monoisotopic (exact) mass is 457 g/mol. The van der Waals surface area contributed by atoms with Gasteiger partial charge in [0.1, 0.15) is 0 Å². The summed E-state index contributed by atoms with van der Waals surface area (Å²) in [4.78, 5) is 30.2. The largest absolute Gasteiger partial charge is 0.481 e. The predicted octanol–water partition coefficient (Wildman–Crippen LogP) is 1.85. The topological polar surface area (TPSA) is 133 Å². The van der Waals surface area contributed by atoms with Crippen molar-refractivity contribution in [2.24, 2.45) is 10.9 Å². The minimum Gasteiger partial charge on any atom is -0.481 e. The van der Waals surface area contributed by atoms with Crippen LogP contribution in [-0.2, 0) is 17.8 Å². The van der Waals surface area contributed by atoms with E-state index >= 15 is 0 Å². The molecule has 2 heterocycles. The number of fused-ring (bicyclic) bond motifs is 1. The molecular formula is C23H35N7O3. The maximum absolute atomic E-state index is 12.3. The van der Waals surface area contributed by atoms with Gasteiger partial charge in [-0.1, -0.05) is 26.0 Å². The third-order valence-electron chi connectivity index (χ3n) is 5.59. The second kappa shape index (κ2) is 12.6. The number of nitriles is 1. The number of nitrogens with zero attached hydrogens (tertiary/aromatic N) is 4. The Balaban J connectivity index is 0.000000890. The lowest BCUT2D eigenvalue weighted by Gasteiger charge is -2.44. The van der Waals surface area contributed by atoms with Gasteiger partial charge in [0.05, 0.1) is 11.7 Å². The van der Waals surface area contributed by atoms with Crippen LogP contribution >= 0.6 is 0 Å². The van der Waals surface area contributed by atoms with Crippen molar-refractivity contribution in [3.63, 3.8) is 0 Å². The Labute approximate surface area is 195 Å². The van der Waals surface area contributed by atoms with Crippen LogP contribution in [0.25, 0.3) is 0 Å². The number of urea groups is 1. The van der Waals surface area contributed by atoms with Crippen LogP contribution in [0.5, 0.6) is 0 Å². The van der Waals surface area contributed by atoms with Gasteiger partial charge in [-0.25, -0.2) is 9.79 Å². The van der Waals surface area contributed by atoms with Crippen LogP contribution in [0, 0.1) is 17.4 Å². The maximum Gasteiger partial charge on any atom is 0.317 e. The Morgan fingerprint density at radius 1 is 1.36 bits per heavy atom. The van der Waals surface area contributed by atoms with Crippen molar-refractivity contribution in [3.8, 4) is 6.19 Å². The van der Waals surface area contributed by atoms with Crippen molar-refractivity contribution in [3.05, 3.63) is 29.3 Å². The molecule has 0 aromatic heterocycles. The lowest BCUT2D eigenvalue weighted by atomic mass is 9.99. The van der Waals surface area contributed by atoms with Gasteiger partial charge in [0.25, 0.3) is 5.97 Å². The average molecular weight is 458 g/mol. The molecule has 1 fully saturated rings. The molecule has 2 amide bonds. The van der Waals surface area contributed by atoms with Crippen molar-refractivity contribution in [2.45, 2.75) is 46.7 Å². The quantitative estimate of drug-likeness (QED) is 0.236. The molecule has 10 nitrogen and oxygen atoms in total. The Kier molecular flexibility index (Phi) is 9.94. The van der Waals surface area contributed by atoms with E-state index in [0.29, 0.717) is 38.1 Å². The molecule has 0 aliphatic carbocycles. The summed E-state index contributed by atoms with van der Waals surface area (Å²) in [7, 11) is 0. The second-order valence-corrected chi connectivity index (χ2v) is 8.32. The molecule has 0 saturated carbocycles. The number of piperazine rings is 1. The number of hydrogen-bond donors (Lipinski definition) is 4. The summed E-state index contributed by atoms with van der Waals surface area (Å²) in [5, 5.41) is 25.9. The zero-order chi connectivity index (χ0) is 24.4. The number of carbonyl (C=O) groups excluding carboxylic acids is 1. The maximum atomic E-state index is 12.3. The molecule has 1 saturated heterocycles. The van der Waals surface area contributed by atoms with E-state index < -0.39 is 5.97 Å². The number of hydrogen-bond acceptors (Lipinski definition) is 5. The first-order valence-corrected chi connectivity index (χ1v) is 11.3. The number of carboxylic acid groups (broad SMARTS) is 1. The summed E-state index contributed by atoms with van der Waals surface area (Å²) in [6.07, 6.45) is 2.98. The van der Waals surface area contributed by atoms with E-state index in [4.69, 9.17) is 14.9 Å². The highest BCUT2D eigenvalue weighted by Gasteiger charge is 2.33. The molecule has 33 heavy (non-hydrogen) atoms. The third kappa shape index (κ3) is 7.36. The molecule has 3 rings (SSSR count). The number of aliphatic carboxylic acids is 1. The molecule has 1 aromatic carbocycles. The zero-order valence-electron chi connectivity index (χ0n) is 19.9. The van der Waals surface area contributed by atoms with E-state index in [0.717, 1.165) is 32.1 Å². The van der Waals surface area contributed by atoms with Gasteiger partial charge in [-0.05, 0) is 43.0 Å². The summed E-state index contributed by atoms with van der Waals surface area (Å²) < 4.78 is 0. The van der Waals surface area contributed by atoms with Crippen LogP contribution in [0.4, 0.5) is 10.5 Å². The van der Waals surface area contributed by atoms with Crippen LogP contribution in [0.15, 0.2) is 23.2 Å². The normalized spacial score (nSPS) is 17.9. The fraction of sp³-hybridized carbons (Fsp3) is 0.565. The molecule has 2 aliphatic heterocycles.